The Morgan fingerprint density at radius 1 is 1.18 bits per heavy atom. The summed E-state index contributed by atoms with van der Waals surface area (Å²) in [5.74, 6) is 0.121. The van der Waals surface area contributed by atoms with Crippen LogP contribution in [0.25, 0.3) is 0 Å². The molecule has 0 spiro atoms. The summed E-state index contributed by atoms with van der Waals surface area (Å²) in [5, 5.41) is 4.29. The van der Waals surface area contributed by atoms with Crippen molar-refractivity contribution in [2.75, 3.05) is 6.54 Å². The van der Waals surface area contributed by atoms with E-state index in [0.29, 0.717) is 22.3 Å². The Morgan fingerprint density at radius 2 is 1.95 bits per heavy atom. The standard InChI is InChI=1S/C16H13BrF2N2O/c17-11-6-7-12(14(8-11)22-16(18)19)15-13(9-20-21-15)10-4-2-1-3-5-10/h1-8,13,16,20H,9H2. The van der Waals surface area contributed by atoms with Gasteiger partial charge in [-0.15, -0.1) is 0 Å². The van der Waals surface area contributed by atoms with Crippen LogP contribution in [0.5, 0.6) is 5.75 Å². The molecule has 0 fully saturated rings. The van der Waals surface area contributed by atoms with Crippen LogP contribution >= 0.6 is 15.9 Å². The van der Waals surface area contributed by atoms with E-state index in [0.717, 1.165) is 5.56 Å². The largest absolute Gasteiger partial charge is 0.434 e. The van der Waals surface area contributed by atoms with Crippen LogP contribution in [0.15, 0.2) is 58.1 Å². The monoisotopic (exact) mass is 366 g/mol. The average Bonchev–Trinajstić information content (AvgIpc) is 2.97. The first kappa shape index (κ1) is 15.0. The minimum Gasteiger partial charge on any atom is -0.434 e. The van der Waals surface area contributed by atoms with Gasteiger partial charge in [0, 0.05) is 22.5 Å². The van der Waals surface area contributed by atoms with Gasteiger partial charge in [-0.3, -0.25) is 0 Å². The van der Waals surface area contributed by atoms with Gasteiger partial charge in [-0.1, -0.05) is 46.3 Å². The molecule has 3 nitrogen and oxygen atoms in total. The van der Waals surface area contributed by atoms with E-state index in [1.54, 1.807) is 12.1 Å². The average molecular weight is 367 g/mol. The van der Waals surface area contributed by atoms with Crippen LogP contribution in [0.2, 0.25) is 0 Å². The smallest absolute Gasteiger partial charge is 0.387 e. The molecule has 1 N–H and O–H groups in total. The lowest BCUT2D eigenvalue weighted by molar-refractivity contribution is -0.0500. The number of hydrogen-bond donors (Lipinski definition) is 1. The summed E-state index contributed by atoms with van der Waals surface area (Å²) in [7, 11) is 0. The highest BCUT2D eigenvalue weighted by Crippen LogP contribution is 2.32. The maximum absolute atomic E-state index is 12.6. The summed E-state index contributed by atoms with van der Waals surface area (Å²) in [4.78, 5) is 0. The van der Waals surface area contributed by atoms with Crippen LogP contribution in [-0.2, 0) is 0 Å². The van der Waals surface area contributed by atoms with Crippen molar-refractivity contribution >= 4 is 21.6 Å². The Bertz CT molecular complexity index is 692. The molecule has 0 bridgehead atoms. The third-order valence-corrected chi connectivity index (χ3v) is 3.96. The van der Waals surface area contributed by atoms with Crippen molar-refractivity contribution in [1.29, 1.82) is 0 Å². The summed E-state index contributed by atoms with van der Waals surface area (Å²) in [6.45, 7) is -2.25. The molecule has 1 heterocycles. The highest BCUT2D eigenvalue weighted by atomic mass is 79.9. The molecule has 1 aliphatic rings. The highest BCUT2D eigenvalue weighted by molar-refractivity contribution is 9.10. The second-order valence-corrected chi connectivity index (χ2v) is 5.76. The fraction of sp³-hybridized carbons (Fsp3) is 0.188. The zero-order chi connectivity index (χ0) is 15.5. The fourth-order valence-corrected chi connectivity index (χ4v) is 2.85. The normalized spacial score (nSPS) is 17.3. The van der Waals surface area contributed by atoms with Gasteiger partial charge in [-0.2, -0.15) is 13.9 Å². The minimum atomic E-state index is -2.88. The van der Waals surface area contributed by atoms with Gasteiger partial charge in [-0.05, 0) is 23.8 Å². The van der Waals surface area contributed by atoms with E-state index in [4.69, 9.17) is 0 Å². The summed E-state index contributed by atoms with van der Waals surface area (Å²) >= 11 is 3.27. The van der Waals surface area contributed by atoms with E-state index < -0.39 is 6.61 Å². The Balaban J connectivity index is 1.99. The number of nitrogens with zero attached hydrogens (tertiary/aromatic N) is 1. The molecule has 0 radical (unpaired) electrons. The van der Waals surface area contributed by atoms with E-state index in [-0.39, 0.29) is 11.7 Å². The fourth-order valence-electron chi connectivity index (χ4n) is 2.51. The number of hydrazone groups is 1. The first-order valence-electron chi connectivity index (χ1n) is 6.75. The number of alkyl halides is 2. The van der Waals surface area contributed by atoms with Gasteiger partial charge in [-0.25, -0.2) is 0 Å². The number of ether oxygens (including phenoxy) is 1. The van der Waals surface area contributed by atoms with Crippen LogP contribution in [0.3, 0.4) is 0 Å². The van der Waals surface area contributed by atoms with Crippen molar-refractivity contribution in [2.24, 2.45) is 5.10 Å². The number of hydrogen-bond acceptors (Lipinski definition) is 3. The van der Waals surface area contributed by atoms with Crippen molar-refractivity contribution in [1.82, 2.24) is 5.43 Å². The zero-order valence-electron chi connectivity index (χ0n) is 11.5. The van der Waals surface area contributed by atoms with Crippen LogP contribution in [0.4, 0.5) is 8.78 Å². The number of nitrogens with one attached hydrogen (secondary N) is 1. The molecule has 6 heteroatoms. The van der Waals surface area contributed by atoms with Crippen LogP contribution in [0, 0.1) is 0 Å². The van der Waals surface area contributed by atoms with Crippen molar-refractivity contribution in [3.05, 3.63) is 64.1 Å². The topological polar surface area (TPSA) is 33.6 Å². The molecule has 1 atom stereocenters. The van der Waals surface area contributed by atoms with Gasteiger partial charge in [0.15, 0.2) is 0 Å². The maximum Gasteiger partial charge on any atom is 0.387 e. The second kappa shape index (κ2) is 6.44. The van der Waals surface area contributed by atoms with Crippen LogP contribution in [-0.4, -0.2) is 18.9 Å². The van der Waals surface area contributed by atoms with Crippen molar-refractivity contribution < 1.29 is 13.5 Å². The van der Waals surface area contributed by atoms with E-state index in [2.05, 4.69) is 31.2 Å². The molecule has 0 amide bonds. The van der Waals surface area contributed by atoms with E-state index in [1.807, 2.05) is 30.3 Å². The lowest BCUT2D eigenvalue weighted by atomic mass is 9.90. The molecule has 0 saturated carbocycles. The molecule has 22 heavy (non-hydrogen) atoms. The van der Waals surface area contributed by atoms with Gasteiger partial charge in [0.1, 0.15) is 5.75 Å². The third kappa shape index (κ3) is 3.11. The summed E-state index contributed by atoms with van der Waals surface area (Å²) in [6, 6.07) is 14.9. The lowest BCUT2D eigenvalue weighted by Crippen LogP contribution is -2.16. The molecule has 0 aliphatic carbocycles. The van der Waals surface area contributed by atoms with E-state index in [1.165, 1.54) is 6.07 Å². The molecule has 0 aromatic heterocycles. The number of rotatable bonds is 4. The van der Waals surface area contributed by atoms with Crippen molar-refractivity contribution in [3.8, 4) is 5.75 Å². The van der Waals surface area contributed by atoms with Gasteiger partial charge in [0.2, 0.25) is 0 Å². The lowest BCUT2D eigenvalue weighted by Gasteiger charge is -2.16. The molecule has 2 aromatic carbocycles. The predicted octanol–water partition coefficient (Wildman–Crippen LogP) is 4.14. The first-order valence-corrected chi connectivity index (χ1v) is 7.54. The molecule has 1 unspecified atom stereocenters. The first-order chi connectivity index (χ1) is 10.6. The molecule has 0 saturated heterocycles. The maximum atomic E-state index is 12.6. The SMILES string of the molecule is FC(F)Oc1cc(Br)ccc1C1=NNCC1c1ccccc1. The molecule has 2 aromatic rings. The highest BCUT2D eigenvalue weighted by Gasteiger charge is 2.27. The Labute approximate surface area is 135 Å². The molecular weight excluding hydrogens is 354 g/mol. The Hall–Kier alpha value is -1.95. The van der Waals surface area contributed by atoms with E-state index >= 15 is 0 Å². The van der Waals surface area contributed by atoms with Gasteiger partial charge in [0.25, 0.3) is 0 Å². The summed E-state index contributed by atoms with van der Waals surface area (Å²) in [5.41, 5.74) is 5.30. The van der Waals surface area contributed by atoms with Gasteiger partial charge < -0.3 is 10.2 Å². The molecular formula is C16H13BrF2N2O. The van der Waals surface area contributed by atoms with Gasteiger partial charge >= 0.3 is 6.61 Å². The van der Waals surface area contributed by atoms with E-state index in [9.17, 15) is 8.78 Å². The van der Waals surface area contributed by atoms with Crippen LogP contribution in [0.1, 0.15) is 17.0 Å². The van der Waals surface area contributed by atoms with Crippen molar-refractivity contribution in [3.63, 3.8) is 0 Å². The summed E-state index contributed by atoms with van der Waals surface area (Å²) in [6.07, 6.45) is 0. The Kier molecular flexibility index (Phi) is 4.38. The Morgan fingerprint density at radius 3 is 2.68 bits per heavy atom. The minimum absolute atomic E-state index is 0.00222. The van der Waals surface area contributed by atoms with Gasteiger partial charge in [0.05, 0.1) is 5.71 Å². The number of halogens is 3. The summed E-state index contributed by atoms with van der Waals surface area (Å²) < 4.78 is 30.6. The molecule has 3 rings (SSSR count). The quantitative estimate of drug-likeness (QED) is 0.881. The third-order valence-electron chi connectivity index (χ3n) is 3.46. The second-order valence-electron chi connectivity index (χ2n) is 4.84. The van der Waals surface area contributed by atoms with Crippen molar-refractivity contribution in [2.45, 2.75) is 12.5 Å². The molecule has 1 aliphatic heterocycles. The zero-order valence-corrected chi connectivity index (χ0v) is 13.1. The van der Waals surface area contributed by atoms with Crippen LogP contribution < -0.4 is 10.2 Å². The predicted molar refractivity (Wildman–Crippen MR) is 84.5 cm³/mol. The number of benzene rings is 2. The molecule has 114 valence electrons.